The van der Waals surface area contributed by atoms with Gasteiger partial charge in [0.25, 0.3) is 11.8 Å². The smallest absolute Gasteiger partial charge is 0.325 e. The zero-order valence-electron chi connectivity index (χ0n) is 16.7. The van der Waals surface area contributed by atoms with Crippen LogP contribution in [0.1, 0.15) is 28.9 Å². The Labute approximate surface area is 189 Å². The fourth-order valence-corrected chi connectivity index (χ4v) is 3.60. The number of carbonyl (C=O) groups excluding carboxylic acids is 3. The van der Waals surface area contributed by atoms with Crippen LogP contribution in [0.2, 0.25) is 10.0 Å². The number of hydrogen-bond donors (Lipinski definition) is 2. The Balaban J connectivity index is 1.47. The van der Waals surface area contributed by atoms with Crippen molar-refractivity contribution in [1.29, 1.82) is 0 Å². The Morgan fingerprint density at radius 2 is 1.74 bits per heavy atom. The lowest BCUT2D eigenvalue weighted by molar-refractivity contribution is -0.147. The van der Waals surface area contributed by atoms with E-state index < -0.39 is 30.9 Å². The Kier molecular flexibility index (Phi) is 7.50. The lowest BCUT2D eigenvalue weighted by atomic mass is 10.00. The molecule has 0 bridgehead atoms. The first kappa shape index (κ1) is 22.6. The quantitative estimate of drug-likeness (QED) is 0.517. The molecule has 0 saturated heterocycles. The molecule has 31 heavy (non-hydrogen) atoms. The molecule has 0 aliphatic rings. The van der Waals surface area contributed by atoms with Gasteiger partial charge in [0.15, 0.2) is 6.61 Å². The molecule has 3 aromatic rings. The van der Waals surface area contributed by atoms with E-state index in [1.807, 2.05) is 49.4 Å². The average molecular weight is 459 g/mol. The highest BCUT2D eigenvalue weighted by Gasteiger charge is 2.16. The van der Waals surface area contributed by atoms with E-state index >= 15 is 0 Å². The molecule has 0 radical (unpaired) electrons. The summed E-state index contributed by atoms with van der Waals surface area (Å²) in [4.78, 5) is 36.2. The van der Waals surface area contributed by atoms with E-state index in [0.717, 1.165) is 16.3 Å². The fourth-order valence-electron chi connectivity index (χ4n) is 3.11. The maximum atomic E-state index is 12.2. The zero-order valence-corrected chi connectivity index (χ0v) is 18.2. The normalized spacial score (nSPS) is 11.6. The number of nitrogens with one attached hydrogen (secondary N) is 2. The minimum absolute atomic E-state index is 0.167. The Morgan fingerprint density at radius 1 is 1.00 bits per heavy atom. The van der Waals surface area contributed by atoms with Crippen molar-refractivity contribution in [1.82, 2.24) is 10.6 Å². The number of ether oxygens (including phenoxy) is 1. The van der Waals surface area contributed by atoms with E-state index in [1.165, 1.54) is 18.2 Å². The Morgan fingerprint density at radius 3 is 2.52 bits per heavy atom. The van der Waals surface area contributed by atoms with Crippen molar-refractivity contribution in [2.75, 3.05) is 13.2 Å². The molecule has 1 atom stereocenters. The number of fused-ring (bicyclic) bond motifs is 1. The van der Waals surface area contributed by atoms with Crippen LogP contribution in [0.15, 0.2) is 60.7 Å². The van der Waals surface area contributed by atoms with Crippen molar-refractivity contribution < 1.29 is 19.1 Å². The summed E-state index contributed by atoms with van der Waals surface area (Å²) < 4.78 is 4.94. The van der Waals surface area contributed by atoms with Crippen LogP contribution in [-0.2, 0) is 14.3 Å². The van der Waals surface area contributed by atoms with Crippen LogP contribution in [0, 0.1) is 0 Å². The first-order valence-corrected chi connectivity index (χ1v) is 10.3. The number of rotatable bonds is 7. The van der Waals surface area contributed by atoms with Crippen molar-refractivity contribution >= 4 is 51.8 Å². The molecule has 6 nitrogen and oxygen atoms in total. The van der Waals surface area contributed by atoms with Crippen LogP contribution < -0.4 is 10.6 Å². The van der Waals surface area contributed by atoms with E-state index in [-0.39, 0.29) is 16.6 Å². The summed E-state index contributed by atoms with van der Waals surface area (Å²) in [5, 5.41) is 7.88. The van der Waals surface area contributed by atoms with E-state index in [1.54, 1.807) is 0 Å². The molecule has 0 saturated carbocycles. The van der Waals surface area contributed by atoms with Crippen molar-refractivity contribution in [2.24, 2.45) is 0 Å². The van der Waals surface area contributed by atoms with Gasteiger partial charge >= 0.3 is 5.97 Å². The van der Waals surface area contributed by atoms with Gasteiger partial charge in [0.05, 0.1) is 16.6 Å². The summed E-state index contributed by atoms with van der Waals surface area (Å²) in [5.74, 6) is -1.74. The number of halogens is 2. The summed E-state index contributed by atoms with van der Waals surface area (Å²) in [6.45, 7) is 1.01. The van der Waals surface area contributed by atoms with E-state index in [4.69, 9.17) is 27.9 Å². The summed E-state index contributed by atoms with van der Waals surface area (Å²) in [6, 6.07) is 17.9. The molecular formula is C23H20Cl2N2O4. The maximum Gasteiger partial charge on any atom is 0.325 e. The van der Waals surface area contributed by atoms with Crippen molar-refractivity contribution in [3.8, 4) is 0 Å². The van der Waals surface area contributed by atoms with Crippen LogP contribution in [0.4, 0.5) is 0 Å². The third-order valence-electron chi connectivity index (χ3n) is 4.60. The van der Waals surface area contributed by atoms with Gasteiger partial charge in [-0.2, -0.15) is 0 Å². The van der Waals surface area contributed by atoms with E-state index in [9.17, 15) is 14.4 Å². The molecule has 0 aliphatic carbocycles. The second-order valence-electron chi connectivity index (χ2n) is 6.83. The first-order chi connectivity index (χ1) is 14.8. The monoisotopic (exact) mass is 458 g/mol. The van der Waals surface area contributed by atoms with Gasteiger partial charge in [0.1, 0.15) is 6.54 Å². The third-order valence-corrected chi connectivity index (χ3v) is 5.15. The number of esters is 1. The van der Waals surface area contributed by atoms with Gasteiger partial charge in [0, 0.05) is 5.02 Å². The zero-order chi connectivity index (χ0) is 22.4. The first-order valence-electron chi connectivity index (χ1n) is 9.51. The van der Waals surface area contributed by atoms with Crippen LogP contribution in [0.3, 0.4) is 0 Å². The number of amides is 2. The van der Waals surface area contributed by atoms with Crippen LogP contribution in [-0.4, -0.2) is 30.9 Å². The molecular weight excluding hydrogens is 439 g/mol. The maximum absolute atomic E-state index is 12.2. The molecule has 3 rings (SSSR count). The molecule has 160 valence electrons. The largest absolute Gasteiger partial charge is 0.454 e. The van der Waals surface area contributed by atoms with Gasteiger partial charge in [-0.3, -0.25) is 14.4 Å². The number of benzene rings is 3. The number of carbonyl (C=O) groups is 3. The molecule has 2 N–H and O–H groups in total. The number of hydrogen-bond acceptors (Lipinski definition) is 4. The molecule has 8 heteroatoms. The predicted octanol–water partition coefficient (Wildman–Crippen LogP) is 4.30. The van der Waals surface area contributed by atoms with E-state index in [0.29, 0.717) is 5.02 Å². The average Bonchev–Trinajstić information content (AvgIpc) is 2.75. The molecule has 3 aromatic carbocycles. The van der Waals surface area contributed by atoms with Crippen LogP contribution in [0.5, 0.6) is 0 Å². The second kappa shape index (κ2) is 10.3. The van der Waals surface area contributed by atoms with Gasteiger partial charge < -0.3 is 15.4 Å². The summed E-state index contributed by atoms with van der Waals surface area (Å²) in [6.07, 6.45) is 0. The van der Waals surface area contributed by atoms with Gasteiger partial charge in [-0.25, -0.2) is 0 Å². The van der Waals surface area contributed by atoms with Crippen LogP contribution in [0.25, 0.3) is 10.8 Å². The van der Waals surface area contributed by atoms with Crippen molar-refractivity contribution in [2.45, 2.75) is 13.0 Å². The second-order valence-corrected chi connectivity index (χ2v) is 7.67. The molecule has 0 heterocycles. The highest BCUT2D eigenvalue weighted by atomic mass is 35.5. The predicted molar refractivity (Wildman–Crippen MR) is 120 cm³/mol. The van der Waals surface area contributed by atoms with Gasteiger partial charge in [-0.05, 0) is 41.5 Å². The topological polar surface area (TPSA) is 84.5 Å². The standard InChI is InChI=1S/C23H20Cl2N2O4/c1-14(17-8-4-6-15-5-2-3-7-18(15)17)27-21(28)13-31-22(29)12-26-23(30)19-10-9-16(24)11-20(19)25/h2-11,14H,12-13H2,1H3,(H,26,30)(H,27,28). The SMILES string of the molecule is CC(NC(=O)COC(=O)CNC(=O)c1ccc(Cl)cc1Cl)c1cccc2ccccc12. The van der Waals surface area contributed by atoms with Gasteiger partial charge in [-0.1, -0.05) is 65.7 Å². The minimum Gasteiger partial charge on any atom is -0.454 e. The molecule has 0 aliphatic heterocycles. The molecule has 1 unspecified atom stereocenters. The van der Waals surface area contributed by atoms with Crippen LogP contribution >= 0.6 is 23.2 Å². The van der Waals surface area contributed by atoms with Gasteiger partial charge in [-0.15, -0.1) is 0 Å². The third kappa shape index (κ3) is 5.96. The molecule has 2 amide bonds. The Hall–Kier alpha value is -3.09. The molecule has 0 aromatic heterocycles. The summed E-state index contributed by atoms with van der Waals surface area (Å²) >= 11 is 11.8. The lowest BCUT2D eigenvalue weighted by Gasteiger charge is -2.16. The highest BCUT2D eigenvalue weighted by molar-refractivity contribution is 6.36. The lowest BCUT2D eigenvalue weighted by Crippen LogP contribution is -2.34. The fraction of sp³-hybridized carbons (Fsp3) is 0.174. The molecule has 0 spiro atoms. The van der Waals surface area contributed by atoms with Crippen molar-refractivity contribution in [3.05, 3.63) is 81.8 Å². The van der Waals surface area contributed by atoms with Crippen molar-refractivity contribution in [3.63, 3.8) is 0 Å². The van der Waals surface area contributed by atoms with Gasteiger partial charge in [0.2, 0.25) is 0 Å². The molecule has 0 fully saturated rings. The van der Waals surface area contributed by atoms with E-state index in [2.05, 4.69) is 10.6 Å². The summed E-state index contributed by atoms with van der Waals surface area (Å²) in [7, 11) is 0. The Bertz CT molecular complexity index is 1130. The summed E-state index contributed by atoms with van der Waals surface area (Å²) in [5.41, 5.74) is 1.14. The highest BCUT2D eigenvalue weighted by Crippen LogP contribution is 2.24. The minimum atomic E-state index is -0.744.